The number of hydrogen-bond donors (Lipinski definition) is 1. The van der Waals surface area contributed by atoms with Crippen molar-refractivity contribution in [2.45, 2.75) is 18.9 Å². The maximum atomic E-state index is 3.69. The molecule has 0 saturated carbocycles. The van der Waals surface area contributed by atoms with Crippen molar-refractivity contribution in [2.24, 2.45) is 5.92 Å². The van der Waals surface area contributed by atoms with E-state index in [1.54, 1.807) is 0 Å². The quantitative estimate of drug-likeness (QED) is 0.919. The Morgan fingerprint density at radius 2 is 1.86 bits per heavy atom. The van der Waals surface area contributed by atoms with E-state index in [1.807, 2.05) is 0 Å². The fourth-order valence-electron chi connectivity index (χ4n) is 3.28. The van der Waals surface area contributed by atoms with Gasteiger partial charge in [0.25, 0.3) is 0 Å². The van der Waals surface area contributed by atoms with Gasteiger partial charge in [0.05, 0.1) is 0 Å². The van der Waals surface area contributed by atoms with Crippen molar-refractivity contribution in [3.05, 3.63) is 65.7 Å². The number of rotatable bonds is 4. The van der Waals surface area contributed by atoms with Crippen LogP contribution >= 0.6 is 0 Å². The van der Waals surface area contributed by atoms with Crippen LogP contribution in [0.5, 0.6) is 0 Å². The molecule has 2 aromatic carbocycles. The molecule has 1 heterocycles. The molecule has 1 fully saturated rings. The van der Waals surface area contributed by atoms with Gasteiger partial charge in [-0.2, -0.15) is 0 Å². The molecule has 1 aliphatic heterocycles. The average molecular weight is 280 g/mol. The highest BCUT2D eigenvalue weighted by atomic mass is 15.1. The number of nitrogens with zero attached hydrogens (tertiary/aromatic N) is 1. The highest BCUT2D eigenvalue weighted by Crippen LogP contribution is 2.33. The molecule has 2 unspecified atom stereocenters. The van der Waals surface area contributed by atoms with Crippen LogP contribution in [0.3, 0.4) is 0 Å². The average Bonchev–Trinajstić information content (AvgIpc) is 2.96. The van der Waals surface area contributed by atoms with E-state index in [0.29, 0.717) is 12.0 Å². The van der Waals surface area contributed by atoms with Crippen LogP contribution < -0.4 is 10.2 Å². The van der Waals surface area contributed by atoms with Gasteiger partial charge in [0.15, 0.2) is 0 Å². The summed E-state index contributed by atoms with van der Waals surface area (Å²) in [7, 11) is 4.20. The lowest BCUT2D eigenvalue weighted by molar-refractivity contribution is 0.460. The number of anilines is 1. The summed E-state index contributed by atoms with van der Waals surface area (Å²) in [6, 6.07) is 20.2. The van der Waals surface area contributed by atoms with Gasteiger partial charge in [-0.3, -0.25) is 0 Å². The largest absolute Gasteiger partial charge is 0.378 e. The molecule has 2 atom stereocenters. The molecular weight excluding hydrogens is 256 g/mol. The van der Waals surface area contributed by atoms with E-state index in [9.17, 15) is 0 Å². The summed E-state index contributed by atoms with van der Waals surface area (Å²) >= 11 is 0. The van der Waals surface area contributed by atoms with Crippen LogP contribution in [0.4, 0.5) is 5.69 Å². The topological polar surface area (TPSA) is 15.3 Å². The molecule has 1 aliphatic rings. The van der Waals surface area contributed by atoms with E-state index < -0.39 is 0 Å². The molecule has 2 heteroatoms. The van der Waals surface area contributed by atoms with Crippen molar-refractivity contribution in [3.8, 4) is 0 Å². The summed E-state index contributed by atoms with van der Waals surface area (Å²) < 4.78 is 0. The summed E-state index contributed by atoms with van der Waals surface area (Å²) in [6.07, 6.45) is 2.41. The minimum atomic E-state index is 0.477. The molecule has 2 aromatic rings. The van der Waals surface area contributed by atoms with Crippen molar-refractivity contribution in [2.75, 3.05) is 25.5 Å². The van der Waals surface area contributed by atoms with Crippen LogP contribution in [-0.4, -0.2) is 20.6 Å². The van der Waals surface area contributed by atoms with Gasteiger partial charge in [-0.15, -0.1) is 0 Å². The fraction of sp³-hybridized carbons (Fsp3) is 0.368. The first-order valence-corrected chi connectivity index (χ1v) is 7.78. The fourth-order valence-corrected chi connectivity index (χ4v) is 3.28. The number of hydrogen-bond acceptors (Lipinski definition) is 2. The highest BCUT2D eigenvalue weighted by molar-refractivity contribution is 5.48. The van der Waals surface area contributed by atoms with Gasteiger partial charge in [0.1, 0.15) is 0 Å². The molecule has 110 valence electrons. The highest BCUT2D eigenvalue weighted by Gasteiger charge is 2.28. The third-order valence-corrected chi connectivity index (χ3v) is 4.44. The van der Waals surface area contributed by atoms with E-state index in [1.165, 1.54) is 23.2 Å². The van der Waals surface area contributed by atoms with Crippen LogP contribution in [-0.2, 0) is 6.42 Å². The normalized spacial score (nSPS) is 21.4. The van der Waals surface area contributed by atoms with E-state index in [4.69, 9.17) is 0 Å². The molecule has 2 nitrogen and oxygen atoms in total. The summed E-state index contributed by atoms with van der Waals surface area (Å²) in [5.74, 6) is 0.685. The monoisotopic (exact) mass is 280 g/mol. The van der Waals surface area contributed by atoms with E-state index >= 15 is 0 Å². The Hall–Kier alpha value is -1.80. The zero-order valence-corrected chi connectivity index (χ0v) is 12.9. The lowest BCUT2D eigenvalue weighted by Crippen LogP contribution is -2.20. The maximum Gasteiger partial charge on any atom is 0.0364 e. The van der Waals surface area contributed by atoms with Crippen molar-refractivity contribution >= 4 is 5.69 Å². The van der Waals surface area contributed by atoms with Crippen LogP contribution in [0.1, 0.15) is 23.6 Å². The molecule has 1 saturated heterocycles. The van der Waals surface area contributed by atoms with Crippen LogP contribution in [0.25, 0.3) is 0 Å². The molecule has 0 amide bonds. The van der Waals surface area contributed by atoms with Gasteiger partial charge >= 0.3 is 0 Å². The Morgan fingerprint density at radius 3 is 2.62 bits per heavy atom. The van der Waals surface area contributed by atoms with Crippen molar-refractivity contribution in [3.63, 3.8) is 0 Å². The third-order valence-electron chi connectivity index (χ3n) is 4.44. The molecule has 0 aliphatic carbocycles. The summed E-state index contributed by atoms with van der Waals surface area (Å²) in [6.45, 7) is 1.12. The standard InChI is InChI=1S/C19H24N2/c1-21(2)18-10-6-9-16(14-18)19-17(11-12-20-19)13-15-7-4-3-5-8-15/h3-10,14,17,19-20H,11-13H2,1-2H3. The van der Waals surface area contributed by atoms with Crippen molar-refractivity contribution in [1.82, 2.24) is 5.32 Å². The summed E-state index contributed by atoms with van der Waals surface area (Å²) in [5.41, 5.74) is 4.14. The Labute approximate surface area is 127 Å². The predicted molar refractivity (Wildman–Crippen MR) is 89.8 cm³/mol. The maximum absolute atomic E-state index is 3.69. The first-order valence-electron chi connectivity index (χ1n) is 7.78. The molecule has 21 heavy (non-hydrogen) atoms. The minimum absolute atomic E-state index is 0.477. The predicted octanol–water partition coefficient (Wildman–Crippen LogP) is 3.65. The molecule has 1 N–H and O–H groups in total. The molecule has 0 bridgehead atoms. The first-order chi connectivity index (χ1) is 10.2. The van der Waals surface area contributed by atoms with E-state index in [-0.39, 0.29) is 0 Å². The molecule has 0 radical (unpaired) electrons. The van der Waals surface area contributed by atoms with Gasteiger partial charge in [-0.1, -0.05) is 42.5 Å². The van der Waals surface area contributed by atoms with Crippen molar-refractivity contribution in [1.29, 1.82) is 0 Å². The minimum Gasteiger partial charge on any atom is -0.378 e. The molecule has 0 spiro atoms. The Kier molecular flexibility index (Phi) is 4.26. The molecule has 3 rings (SSSR count). The first kappa shape index (κ1) is 14.2. The summed E-state index contributed by atoms with van der Waals surface area (Å²) in [4.78, 5) is 2.17. The lowest BCUT2D eigenvalue weighted by atomic mass is 9.88. The zero-order chi connectivity index (χ0) is 14.7. The lowest BCUT2D eigenvalue weighted by Gasteiger charge is -2.22. The smallest absolute Gasteiger partial charge is 0.0364 e. The number of nitrogens with one attached hydrogen (secondary N) is 1. The van der Waals surface area contributed by atoms with Crippen LogP contribution in [0, 0.1) is 5.92 Å². The SMILES string of the molecule is CN(C)c1cccc(C2NCCC2Cc2ccccc2)c1. The van der Waals surface area contributed by atoms with E-state index in [0.717, 1.165) is 13.0 Å². The number of benzene rings is 2. The molecule has 0 aromatic heterocycles. The second-order valence-corrected chi connectivity index (χ2v) is 6.16. The Morgan fingerprint density at radius 1 is 1.05 bits per heavy atom. The summed E-state index contributed by atoms with van der Waals surface area (Å²) in [5, 5.41) is 3.69. The third kappa shape index (κ3) is 3.27. The Bertz CT molecular complexity index is 577. The van der Waals surface area contributed by atoms with Crippen molar-refractivity contribution < 1.29 is 0 Å². The Balaban J connectivity index is 1.79. The van der Waals surface area contributed by atoms with Gasteiger partial charge in [0, 0.05) is 25.8 Å². The van der Waals surface area contributed by atoms with Gasteiger partial charge in [0.2, 0.25) is 0 Å². The second kappa shape index (κ2) is 6.31. The van der Waals surface area contributed by atoms with E-state index in [2.05, 4.69) is 78.9 Å². The van der Waals surface area contributed by atoms with Gasteiger partial charge < -0.3 is 10.2 Å². The molecular formula is C19H24N2. The van der Waals surface area contributed by atoms with Crippen LogP contribution in [0.15, 0.2) is 54.6 Å². The van der Waals surface area contributed by atoms with Gasteiger partial charge in [-0.25, -0.2) is 0 Å². The van der Waals surface area contributed by atoms with Gasteiger partial charge in [-0.05, 0) is 48.6 Å². The second-order valence-electron chi connectivity index (χ2n) is 6.16. The zero-order valence-electron chi connectivity index (χ0n) is 12.9. The van der Waals surface area contributed by atoms with Crippen LogP contribution in [0.2, 0.25) is 0 Å².